The lowest BCUT2D eigenvalue weighted by molar-refractivity contribution is -0.125. The second-order valence-corrected chi connectivity index (χ2v) is 9.87. The Morgan fingerprint density at radius 3 is 2.23 bits per heavy atom. The minimum Gasteiger partial charge on any atom is -0.454 e. The summed E-state index contributed by atoms with van der Waals surface area (Å²) in [4.78, 5) is 23.9. The molecule has 1 saturated carbocycles. The molecule has 2 aliphatic carbocycles. The second kappa shape index (κ2) is 5.88. The van der Waals surface area contributed by atoms with Crippen molar-refractivity contribution in [1.29, 1.82) is 0 Å². The average molecular weight is 436 g/mol. The number of benzene rings is 2. The van der Waals surface area contributed by atoms with Gasteiger partial charge in [-0.1, -0.05) is 32.4 Å². The number of hydrogen-bond donors (Lipinski definition) is 1. The van der Waals surface area contributed by atoms with Gasteiger partial charge in [0.1, 0.15) is 0 Å². The molecule has 7 heteroatoms. The van der Waals surface area contributed by atoms with Crippen molar-refractivity contribution in [1.82, 2.24) is 9.97 Å². The Labute approximate surface area is 184 Å². The standard InChI is InChI=1S/C24H22ClN3O3/c1-22(2)23(3)8-9-24(22,21(29)26-14-6-4-13(25)5-7-14)20-19(23)27-15-10-17-18(31-12-30-17)11-16(15)28-20/h4-7,10-11H,8-9,12H2,1-3H3,(H,26,29). The fourth-order valence-corrected chi connectivity index (χ4v) is 5.89. The van der Waals surface area contributed by atoms with Crippen molar-refractivity contribution in [2.45, 2.75) is 44.4 Å². The van der Waals surface area contributed by atoms with E-state index in [4.69, 9.17) is 31.0 Å². The minimum atomic E-state index is -0.770. The molecule has 6 rings (SSSR count). The number of carbonyl (C=O) groups excluding carboxylic acids is 1. The fraction of sp³-hybridized carbons (Fsp3) is 0.375. The number of hydrogen-bond acceptors (Lipinski definition) is 5. The maximum Gasteiger partial charge on any atom is 0.237 e. The van der Waals surface area contributed by atoms with Crippen molar-refractivity contribution in [3.05, 3.63) is 52.8 Å². The molecule has 31 heavy (non-hydrogen) atoms. The van der Waals surface area contributed by atoms with E-state index in [1.165, 1.54) is 0 Å². The molecule has 0 saturated heterocycles. The average Bonchev–Trinajstić information content (AvgIpc) is 3.31. The van der Waals surface area contributed by atoms with Gasteiger partial charge in [0.15, 0.2) is 11.5 Å². The summed E-state index contributed by atoms with van der Waals surface area (Å²) in [6.45, 7) is 6.75. The zero-order chi connectivity index (χ0) is 21.6. The molecule has 0 radical (unpaired) electrons. The summed E-state index contributed by atoms with van der Waals surface area (Å²) in [6.07, 6.45) is 1.61. The molecule has 0 spiro atoms. The number of rotatable bonds is 2. The predicted molar refractivity (Wildman–Crippen MR) is 118 cm³/mol. The van der Waals surface area contributed by atoms with Gasteiger partial charge in [0.2, 0.25) is 12.7 Å². The highest BCUT2D eigenvalue weighted by atomic mass is 35.5. The van der Waals surface area contributed by atoms with Crippen molar-refractivity contribution in [2.24, 2.45) is 5.41 Å². The highest BCUT2D eigenvalue weighted by Crippen LogP contribution is 2.70. The quantitative estimate of drug-likeness (QED) is 0.614. The van der Waals surface area contributed by atoms with Gasteiger partial charge in [-0.3, -0.25) is 4.79 Å². The number of carbonyl (C=O) groups is 1. The number of anilines is 1. The Hall–Kier alpha value is -2.86. The molecule has 6 nitrogen and oxygen atoms in total. The third-order valence-electron chi connectivity index (χ3n) is 8.02. The summed E-state index contributed by atoms with van der Waals surface area (Å²) in [5, 5.41) is 3.75. The van der Waals surface area contributed by atoms with Crippen molar-refractivity contribution in [3.8, 4) is 11.5 Å². The molecular weight excluding hydrogens is 414 g/mol. The van der Waals surface area contributed by atoms with Gasteiger partial charge in [-0.25, -0.2) is 9.97 Å². The van der Waals surface area contributed by atoms with Crippen molar-refractivity contribution >= 4 is 34.2 Å². The van der Waals surface area contributed by atoms with E-state index < -0.39 is 5.41 Å². The summed E-state index contributed by atoms with van der Waals surface area (Å²) in [5.41, 5.74) is 2.52. The van der Waals surface area contributed by atoms with Gasteiger partial charge >= 0.3 is 0 Å². The number of nitrogens with zero attached hydrogens (tertiary/aromatic N) is 2. The van der Waals surface area contributed by atoms with Crippen LogP contribution in [0.25, 0.3) is 11.0 Å². The summed E-state index contributed by atoms with van der Waals surface area (Å²) in [6, 6.07) is 10.9. The van der Waals surface area contributed by atoms with E-state index in [-0.39, 0.29) is 23.5 Å². The zero-order valence-corrected chi connectivity index (χ0v) is 18.3. The first kappa shape index (κ1) is 18.9. The van der Waals surface area contributed by atoms with Crippen LogP contribution in [0.3, 0.4) is 0 Å². The van der Waals surface area contributed by atoms with Gasteiger partial charge in [0.25, 0.3) is 0 Å². The lowest BCUT2D eigenvalue weighted by Crippen LogP contribution is -2.48. The van der Waals surface area contributed by atoms with Gasteiger partial charge in [0.05, 0.1) is 27.8 Å². The van der Waals surface area contributed by atoms with Crippen LogP contribution in [0.15, 0.2) is 36.4 Å². The van der Waals surface area contributed by atoms with Gasteiger partial charge in [-0.2, -0.15) is 0 Å². The van der Waals surface area contributed by atoms with Crippen LogP contribution in [-0.4, -0.2) is 22.7 Å². The molecule has 1 aromatic heterocycles. The first-order valence-corrected chi connectivity index (χ1v) is 10.8. The fourth-order valence-electron chi connectivity index (χ4n) is 5.77. The van der Waals surface area contributed by atoms with E-state index in [1.54, 1.807) is 12.1 Å². The van der Waals surface area contributed by atoms with E-state index in [0.29, 0.717) is 22.0 Å². The lowest BCUT2D eigenvalue weighted by Gasteiger charge is -2.39. The molecule has 2 unspecified atom stereocenters. The van der Waals surface area contributed by atoms with Gasteiger partial charge < -0.3 is 14.8 Å². The molecule has 2 heterocycles. The predicted octanol–water partition coefficient (Wildman–Crippen LogP) is 4.98. The molecular formula is C24H22ClN3O3. The number of aromatic nitrogens is 2. The molecule has 2 aromatic carbocycles. The number of ether oxygens (including phenoxy) is 2. The maximum absolute atomic E-state index is 13.9. The molecule has 1 amide bonds. The topological polar surface area (TPSA) is 73.3 Å². The van der Waals surface area contributed by atoms with E-state index in [1.807, 2.05) is 24.3 Å². The summed E-state index contributed by atoms with van der Waals surface area (Å²) in [5.74, 6) is 1.30. The highest BCUT2D eigenvalue weighted by Gasteiger charge is 2.73. The molecule has 3 aromatic rings. The van der Waals surface area contributed by atoms with Crippen LogP contribution in [-0.2, 0) is 15.6 Å². The van der Waals surface area contributed by atoms with Gasteiger partial charge in [-0.15, -0.1) is 0 Å². The van der Waals surface area contributed by atoms with Crippen LogP contribution >= 0.6 is 11.6 Å². The van der Waals surface area contributed by atoms with Crippen LogP contribution < -0.4 is 14.8 Å². The molecule has 1 N–H and O–H groups in total. The van der Waals surface area contributed by atoms with Crippen molar-refractivity contribution in [3.63, 3.8) is 0 Å². The zero-order valence-electron chi connectivity index (χ0n) is 17.6. The molecule has 2 atom stereocenters. The normalized spacial score (nSPS) is 26.8. The van der Waals surface area contributed by atoms with Gasteiger partial charge in [0, 0.05) is 28.3 Å². The van der Waals surface area contributed by atoms with E-state index in [0.717, 1.165) is 35.4 Å². The number of fused-ring (bicyclic) bond motifs is 7. The Morgan fingerprint density at radius 2 is 1.58 bits per heavy atom. The van der Waals surface area contributed by atoms with Crippen molar-refractivity contribution < 1.29 is 14.3 Å². The molecule has 1 fully saturated rings. The van der Waals surface area contributed by atoms with E-state index >= 15 is 0 Å². The van der Waals surface area contributed by atoms with Gasteiger partial charge in [-0.05, 0) is 42.5 Å². The molecule has 158 valence electrons. The SMILES string of the molecule is CC12CCC(C(=O)Nc3ccc(Cl)cc3)(c3nc4cc5c(cc4nc31)OCO5)C2(C)C. The Morgan fingerprint density at radius 1 is 0.968 bits per heavy atom. The Balaban J connectivity index is 1.53. The molecule has 3 aliphatic rings. The summed E-state index contributed by atoms with van der Waals surface area (Å²) in [7, 11) is 0. The van der Waals surface area contributed by atoms with Crippen LogP contribution in [0.1, 0.15) is 45.0 Å². The van der Waals surface area contributed by atoms with Crippen LogP contribution in [0.2, 0.25) is 5.02 Å². The second-order valence-electron chi connectivity index (χ2n) is 9.44. The Bertz CT molecular complexity index is 1270. The van der Waals surface area contributed by atoms with Crippen LogP contribution in [0.5, 0.6) is 11.5 Å². The third-order valence-corrected chi connectivity index (χ3v) is 8.27. The monoisotopic (exact) mass is 435 g/mol. The number of nitrogens with one attached hydrogen (secondary N) is 1. The largest absolute Gasteiger partial charge is 0.454 e. The Kier molecular flexibility index (Phi) is 3.58. The third kappa shape index (κ3) is 2.21. The highest BCUT2D eigenvalue weighted by molar-refractivity contribution is 6.30. The van der Waals surface area contributed by atoms with Crippen LogP contribution in [0.4, 0.5) is 5.69 Å². The molecule has 1 aliphatic heterocycles. The summed E-state index contributed by atoms with van der Waals surface area (Å²) < 4.78 is 11.1. The lowest BCUT2D eigenvalue weighted by atomic mass is 9.63. The van der Waals surface area contributed by atoms with Crippen molar-refractivity contribution in [2.75, 3.05) is 12.1 Å². The minimum absolute atomic E-state index is 0.0447. The first-order chi connectivity index (χ1) is 14.8. The smallest absolute Gasteiger partial charge is 0.237 e. The maximum atomic E-state index is 13.9. The number of halogens is 1. The number of amides is 1. The van der Waals surface area contributed by atoms with Crippen LogP contribution in [0, 0.1) is 5.41 Å². The van der Waals surface area contributed by atoms with E-state index in [9.17, 15) is 4.79 Å². The van der Waals surface area contributed by atoms with E-state index in [2.05, 4.69) is 26.1 Å². The summed E-state index contributed by atoms with van der Waals surface area (Å²) >= 11 is 6.01. The molecule has 2 bridgehead atoms. The first-order valence-electron chi connectivity index (χ1n) is 10.5.